The maximum atomic E-state index is 12.9. The lowest BCUT2D eigenvalue weighted by Gasteiger charge is -2.13. The van der Waals surface area contributed by atoms with Crippen LogP contribution in [0.5, 0.6) is 0 Å². The molecule has 0 atom stereocenters. The van der Waals surface area contributed by atoms with E-state index >= 15 is 0 Å². The van der Waals surface area contributed by atoms with Crippen molar-refractivity contribution in [2.75, 3.05) is 5.32 Å². The van der Waals surface area contributed by atoms with Gasteiger partial charge in [0.1, 0.15) is 12.4 Å². The summed E-state index contributed by atoms with van der Waals surface area (Å²) in [5.41, 5.74) is 3.22. The van der Waals surface area contributed by atoms with Gasteiger partial charge in [0, 0.05) is 5.69 Å². The maximum Gasteiger partial charge on any atom is 0.297 e. The Morgan fingerprint density at radius 3 is 2.39 bits per heavy atom. The van der Waals surface area contributed by atoms with Gasteiger partial charge in [0.05, 0.1) is 11.0 Å². The van der Waals surface area contributed by atoms with Gasteiger partial charge in [-0.3, -0.25) is 18.6 Å². The number of rotatable bonds is 4. The number of nitrogens with zero attached hydrogens (tertiary/aromatic N) is 4. The summed E-state index contributed by atoms with van der Waals surface area (Å²) in [4.78, 5) is 25.5. The molecule has 0 aliphatic heterocycles. The number of aryl methyl sites for hydroxylation is 1. The van der Waals surface area contributed by atoms with E-state index < -0.39 is 0 Å². The van der Waals surface area contributed by atoms with E-state index in [1.807, 2.05) is 48.5 Å². The average Bonchev–Trinajstić information content (AvgIpc) is 3.07. The molecule has 0 spiro atoms. The van der Waals surface area contributed by atoms with Crippen molar-refractivity contribution in [3.8, 4) is 0 Å². The van der Waals surface area contributed by atoms with Crippen molar-refractivity contribution in [1.82, 2.24) is 19.2 Å². The molecule has 28 heavy (non-hydrogen) atoms. The number of amides is 1. The Morgan fingerprint density at radius 1 is 1.04 bits per heavy atom. The molecule has 2 aromatic carbocycles. The van der Waals surface area contributed by atoms with E-state index in [1.165, 1.54) is 10.1 Å². The Labute approximate surface area is 161 Å². The fourth-order valence-electron chi connectivity index (χ4n) is 3.35. The molecule has 0 aliphatic rings. The van der Waals surface area contributed by atoms with Crippen LogP contribution in [0.15, 0.2) is 53.3 Å². The molecular formula is C21H21N5O2. The van der Waals surface area contributed by atoms with E-state index in [0.717, 1.165) is 5.52 Å². The zero-order valence-corrected chi connectivity index (χ0v) is 16.0. The Balaban J connectivity index is 1.70. The van der Waals surface area contributed by atoms with Crippen LogP contribution in [0, 0.1) is 6.92 Å². The van der Waals surface area contributed by atoms with Crippen LogP contribution in [-0.4, -0.2) is 25.1 Å². The van der Waals surface area contributed by atoms with Gasteiger partial charge in [-0.2, -0.15) is 0 Å². The average molecular weight is 375 g/mol. The summed E-state index contributed by atoms with van der Waals surface area (Å²) in [6.07, 6.45) is 0. The van der Waals surface area contributed by atoms with Crippen LogP contribution in [0.1, 0.15) is 31.2 Å². The Kier molecular flexibility index (Phi) is 4.43. The van der Waals surface area contributed by atoms with Crippen molar-refractivity contribution in [2.45, 2.75) is 33.2 Å². The summed E-state index contributed by atoms with van der Waals surface area (Å²) in [6.45, 7) is 5.93. The van der Waals surface area contributed by atoms with Gasteiger partial charge in [0.2, 0.25) is 11.6 Å². The lowest BCUT2D eigenvalue weighted by Crippen LogP contribution is -2.29. The lowest BCUT2D eigenvalue weighted by atomic mass is 10.0. The Bertz CT molecular complexity index is 1240. The van der Waals surface area contributed by atoms with Gasteiger partial charge < -0.3 is 5.32 Å². The fourth-order valence-corrected chi connectivity index (χ4v) is 3.35. The Hall–Kier alpha value is -3.48. The Morgan fingerprint density at radius 2 is 1.71 bits per heavy atom. The number of para-hydroxylation sites is 2. The number of hydrogen-bond donors (Lipinski definition) is 1. The second kappa shape index (κ2) is 6.92. The molecule has 2 aromatic heterocycles. The number of nitrogens with one attached hydrogen (secondary N) is 1. The first-order valence-corrected chi connectivity index (χ1v) is 9.19. The fraction of sp³-hybridized carbons (Fsp3) is 0.238. The third-order valence-corrected chi connectivity index (χ3v) is 4.84. The number of anilines is 1. The van der Waals surface area contributed by atoms with Crippen LogP contribution in [0.2, 0.25) is 0 Å². The first-order chi connectivity index (χ1) is 13.5. The van der Waals surface area contributed by atoms with E-state index in [4.69, 9.17) is 0 Å². The zero-order chi connectivity index (χ0) is 19.8. The number of aromatic nitrogens is 4. The van der Waals surface area contributed by atoms with E-state index in [9.17, 15) is 9.59 Å². The highest BCUT2D eigenvalue weighted by molar-refractivity contribution is 5.91. The summed E-state index contributed by atoms with van der Waals surface area (Å²) in [7, 11) is 0. The molecule has 142 valence electrons. The lowest BCUT2D eigenvalue weighted by molar-refractivity contribution is -0.116. The van der Waals surface area contributed by atoms with Gasteiger partial charge in [-0.1, -0.05) is 38.1 Å². The molecule has 4 aromatic rings. The molecule has 0 saturated heterocycles. The maximum absolute atomic E-state index is 12.9. The van der Waals surface area contributed by atoms with Gasteiger partial charge in [-0.25, -0.2) is 0 Å². The smallest absolute Gasteiger partial charge is 0.297 e. The summed E-state index contributed by atoms with van der Waals surface area (Å²) in [6, 6.07) is 15.2. The van der Waals surface area contributed by atoms with Gasteiger partial charge in [-0.05, 0) is 42.7 Å². The first-order valence-electron chi connectivity index (χ1n) is 9.19. The van der Waals surface area contributed by atoms with Crippen LogP contribution >= 0.6 is 0 Å². The molecule has 0 bridgehead atoms. The van der Waals surface area contributed by atoms with Crippen LogP contribution in [0.4, 0.5) is 5.69 Å². The minimum Gasteiger partial charge on any atom is -0.325 e. The summed E-state index contributed by atoms with van der Waals surface area (Å²) in [5.74, 6) is 0.781. The number of benzene rings is 2. The van der Waals surface area contributed by atoms with Crippen molar-refractivity contribution in [2.24, 2.45) is 0 Å². The molecule has 0 fully saturated rings. The predicted octanol–water partition coefficient (Wildman–Crippen LogP) is 3.11. The van der Waals surface area contributed by atoms with Crippen molar-refractivity contribution in [3.63, 3.8) is 0 Å². The van der Waals surface area contributed by atoms with Crippen LogP contribution in [0.3, 0.4) is 0 Å². The summed E-state index contributed by atoms with van der Waals surface area (Å²) < 4.78 is 3.16. The largest absolute Gasteiger partial charge is 0.325 e. The molecule has 7 heteroatoms. The molecule has 0 aliphatic carbocycles. The topological polar surface area (TPSA) is 81.3 Å². The predicted molar refractivity (Wildman–Crippen MR) is 109 cm³/mol. The van der Waals surface area contributed by atoms with E-state index in [0.29, 0.717) is 22.9 Å². The van der Waals surface area contributed by atoms with Crippen LogP contribution in [-0.2, 0) is 11.3 Å². The molecule has 0 unspecified atom stereocenters. The molecule has 0 radical (unpaired) electrons. The third kappa shape index (κ3) is 3.05. The number of carbonyl (C=O) groups excluding carboxylic acids is 1. The highest BCUT2D eigenvalue weighted by atomic mass is 16.2. The quantitative estimate of drug-likeness (QED) is 0.594. The van der Waals surface area contributed by atoms with Gasteiger partial charge in [-0.15, -0.1) is 10.2 Å². The molecule has 7 nitrogen and oxygen atoms in total. The normalized spacial score (nSPS) is 11.4. The zero-order valence-electron chi connectivity index (χ0n) is 16.0. The molecule has 1 N–H and O–H groups in total. The molecule has 1 amide bonds. The van der Waals surface area contributed by atoms with Gasteiger partial charge in [0.25, 0.3) is 5.56 Å². The van der Waals surface area contributed by atoms with E-state index in [-0.39, 0.29) is 23.7 Å². The van der Waals surface area contributed by atoms with Crippen LogP contribution in [0.25, 0.3) is 16.7 Å². The SMILES string of the molecule is Cc1nnc2c(=O)n(CC(=O)Nc3ccc(C(C)C)cc3)c3ccccc3n12. The standard InChI is InChI=1S/C21H21N5O2/c1-13(2)15-8-10-16(11-9-15)22-19(27)12-25-17-6-4-5-7-18(17)26-14(3)23-24-20(26)21(25)28/h4-11,13H,12H2,1-3H3,(H,22,27). The number of carbonyl (C=O) groups is 1. The monoisotopic (exact) mass is 375 g/mol. The van der Waals surface area contributed by atoms with Crippen LogP contribution < -0.4 is 10.9 Å². The molecule has 2 heterocycles. The minimum atomic E-state index is -0.343. The summed E-state index contributed by atoms with van der Waals surface area (Å²) in [5, 5.41) is 10.9. The molecular weight excluding hydrogens is 354 g/mol. The van der Waals surface area contributed by atoms with E-state index in [1.54, 1.807) is 11.3 Å². The van der Waals surface area contributed by atoms with Crippen molar-refractivity contribution < 1.29 is 4.79 Å². The highest BCUT2D eigenvalue weighted by Gasteiger charge is 2.16. The summed E-state index contributed by atoms with van der Waals surface area (Å²) >= 11 is 0. The molecule has 4 rings (SSSR count). The first kappa shape index (κ1) is 17.9. The van der Waals surface area contributed by atoms with Crippen molar-refractivity contribution in [1.29, 1.82) is 0 Å². The second-order valence-electron chi connectivity index (χ2n) is 7.11. The van der Waals surface area contributed by atoms with E-state index in [2.05, 4.69) is 29.4 Å². The number of fused-ring (bicyclic) bond motifs is 3. The third-order valence-electron chi connectivity index (χ3n) is 4.84. The minimum absolute atomic E-state index is 0.103. The molecule has 0 saturated carbocycles. The van der Waals surface area contributed by atoms with Crippen molar-refractivity contribution >= 4 is 28.3 Å². The number of hydrogen-bond acceptors (Lipinski definition) is 4. The highest BCUT2D eigenvalue weighted by Crippen LogP contribution is 2.18. The second-order valence-corrected chi connectivity index (χ2v) is 7.11. The van der Waals surface area contributed by atoms with Gasteiger partial charge >= 0.3 is 0 Å². The van der Waals surface area contributed by atoms with Gasteiger partial charge in [0.15, 0.2) is 0 Å². The van der Waals surface area contributed by atoms with Crippen molar-refractivity contribution in [3.05, 3.63) is 70.3 Å².